The Morgan fingerprint density at radius 2 is 1.83 bits per heavy atom. The van der Waals surface area contributed by atoms with Crippen LogP contribution in [0.3, 0.4) is 0 Å². The van der Waals surface area contributed by atoms with E-state index < -0.39 is 0 Å². The molecule has 1 N–H and O–H groups in total. The molecule has 0 aliphatic heterocycles. The Balaban J connectivity index is 2.37. The van der Waals surface area contributed by atoms with Gasteiger partial charge in [-0.3, -0.25) is 9.59 Å². The van der Waals surface area contributed by atoms with Crippen LogP contribution in [0.5, 0.6) is 17.2 Å². The van der Waals surface area contributed by atoms with E-state index >= 15 is 0 Å². The largest absolute Gasteiger partial charge is 0.508 e. The van der Waals surface area contributed by atoms with E-state index in [1.54, 1.807) is 12.1 Å². The molecule has 0 aromatic heterocycles. The molecule has 0 fully saturated rings. The molecule has 0 saturated carbocycles. The molecule has 0 bridgehead atoms. The van der Waals surface area contributed by atoms with Gasteiger partial charge in [-0.2, -0.15) is 0 Å². The van der Waals surface area contributed by atoms with Crippen LogP contribution in [-0.2, 0) is 0 Å². The molecular formula is C14H10O4. The number of hydrogen-bond acceptors (Lipinski definition) is 4. The van der Waals surface area contributed by atoms with Crippen molar-refractivity contribution >= 4 is 12.6 Å². The van der Waals surface area contributed by atoms with Gasteiger partial charge in [0.1, 0.15) is 23.5 Å². The van der Waals surface area contributed by atoms with Crippen molar-refractivity contribution in [2.45, 2.75) is 0 Å². The van der Waals surface area contributed by atoms with E-state index in [0.717, 1.165) is 0 Å². The van der Waals surface area contributed by atoms with Crippen molar-refractivity contribution in [3.63, 3.8) is 0 Å². The van der Waals surface area contributed by atoms with Gasteiger partial charge in [-0.05, 0) is 24.3 Å². The van der Waals surface area contributed by atoms with Crippen molar-refractivity contribution in [2.24, 2.45) is 0 Å². The summed E-state index contributed by atoms with van der Waals surface area (Å²) in [6.07, 6.45) is 1.32. The summed E-state index contributed by atoms with van der Waals surface area (Å²) in [6, 6.07) is 10.7. The van der Waals surface area contributed by atoms with Crippen molar-refractivity contribution < 1.29 is 19.4 Å². The molecule has 0 heterocycles. The van der Waals surface area contributed by atoms with Crippen molar-refractivity contribution in [1.82, 2.24) is 0 Å². The lowest BCUT2D eigenvalue weighted by Crippen LogP contribution is -1.92. The van der Waals surface area contributed by atoms with Gasteiger partial charge >= 0.3 is 0 Å². The average molecular weight is 242 g/mol. The third-order valence-corrected chi connectivity index (χ3v) is 2.35. The number of carbonyl (C=O) groups is 2. The molecule has 2 aromatic carbocycles. The van der Waals surface area contributed by atoms with Crippen molar-refractivity contribution in [1.29, 1.82) is 0 Å². The summed E-state index contributed by atoms with van der Waals surface area (Å²) >= 11 is 0. The maximum atomic E-state index is 10.9. The molecule has 4 heteroatoms. The Hall–Kier alpha value is -2.62. The minimum absolute atomic E-state index is 0.0618. The van der Waals surface area contributed by atoms with Gasteiger partial charge in [0, 0.05) is 11.6 Å². The highest BCUT2D eigenvalue weighted by Gasteiger charge is 2.06. The van der Waals surface area contributed by atoms with Gasteiger partial charge in [0.05, 0.1) is 5.56 Å². The number of carbonyl (C=O) groups excluding carboxylic acids is 2. The highest BCUT2D eigenvalue weighted by atomic mass is 16.5. The Labute approximate surface area is 103 Å². The standard InChI is InChI=1S/C14H10O4/c15-8-10-4-5-11(9-16)14(6-10)18-13-3-1-2-12(17)7-13/h1-9,17H. The zero-order chi connectivity index (χ0) is 13.0. The van der Waals surface area contributed by atoms with Crippen LogP contribution in [0.15, 0.2) is 42.5 Å². The van der Waals surface area contributed by atoms with Crippen LogP contribution in [0.25, 0.3) is 0 Å². The summed E-state index contributed by atoms with van der Waals surface area (Å²) < 4.78 is 5.47. The van der Waals surface area contributed by atoms with E-state index in [1.165, 1.54) is 30.3 Å². The Kier molecular flexibility index (Phi) is 3.38. The maximum absolute atomic E-state index is 10.9. The SMILES string of the molecule is O=Cc1ccc(C=O)c(Oc2cccc(O)c2)c1. The van der Waals surface area contributed by atoms with Gasteiger partial charge < -0.3 is 9.84 Å². The number of aromatic hydroxyl groups is 1. The molecule has 0 aliphatic rings. The van der Waals surface area contributed by atoms with Gasteiger partial charge in [0.15, 0.2) is 6.29 Å². The lowest BCUT2D eigenvalue weighted by Gasteiger charge is -2.08. The first kappa shape index (κ1) is 11.9. The van der Waals surface area contributed by atoms with Crippen LogP contribution in [0, 0.1) is 0 Å². The van der Waals surface area contributed by atoms with E-state index in [-0.39, 0.29) is 11.5 Å². The number of phenols is 1. The van der Waals surface area contributed by atoms with Crippen molar-refractivity contribution in [3.05, 3.63) is 53.6 Å². The fourth-order valence-electron chi connectivity index (χ4n) is 1.48. The Morgan fingerprint density at radius 3 is 2.50 bits per heavy atom. The van der Waals surface area contributed by atoms with Crippen LogP contribution in [-0.4, -0.2) is 17.7 Å². The quantitative estimate of drug-likeness (QED) is 0.837. The average Bonchev–Trinajstić information content (AvgIpc) is 2.38. The van der Waals surface area contributed by atoms with E-state index in [4.69, 9.17) is 4.74 Å². The first-order valence-corrected chi connectivity index (χ1v) is 5.24. The molecule has 0 spiro atoms. The van der Waals surface area contributed by atoms with Gasteiger partial charge in [0.2, 0.25) is 0 Å². The molecule has 18 heavy (non-hydrogen) atoms. The summed E-state index contributed by atoms with van der Waals surface area (Å²) in [4.78, 5) is 21.5. The zero-order valence-electron chi connectivity index (χ0n) is 9.37. The van der Waals surface area contributed by atoms with Crippen molar-refractivity contribution in [3.8, 4) is 17.2 Å². The summed E-state index contributed by atoms with van der Waals surface area (Å²) in [7, 11) is 0. The number of aldehydes is 2. The molecule has 0 unspecified atom stereocenters. The van der Waals surface area contributed by atoms with Crippen LogP contribution in [0.4, 0.5) is 0 Å². The third-order valence-electron chi connectivity index (χ3n) is 2.35. The molecule has 4 nitrogen and oxygen atoms in total. The summed E-state index contributed by atoms with van der Waals surface area (Å²) in [5.74, 6) is 0.730. The predicted molar refractivity (Wildman–Crippen MR) is 65.4 cm³/mol. The lowest BCUT2D eigenvalue weighted by molar-refractivity contribution is 0.111. The van der Waals surface area contributed by atoms with Crippen LogP contribution in [0.1, 0.15) is 20.7 Å². The number of phenolic OH excluding ortho intramolecular Hbond substituents is 1. The topological polar surface area (TPSA) is 63.6 Å². The van der Waals surface area contributed by atoms with E-state index in [0.29, 0.717) is 29.4 Å². The molecule has 2 aromatic rings. The van der Waals surface area contributed by atoms with Gasteiger partial charge in [-0.25, -0.2) is 0 Å². The van der Waals surface area contributed by atoms with Crippen LogP contribution in [0.2, 0.25) is 0 Å². The monoisotopic (exact) mass is 242 g/mol. The molecule has 0 aliphatic carbocycles. The molecule has 0 atom stereocenters. The smallest absolute Gasteiger partial charge is 0.153 e. The van der Waals surface area contributed by atoms with E-state index in [9.17, 15) is 14.7 Å². The Bertz CT molecular complexity index is 590. The van der Waals surface area contributed by atoms with Gasteiger partial charge in [-0.1, -0.05) is 12.1 Å². The highest BCUT2D eigenvalue weighted by Crippen LogP contribution is 2.27. The summed E-state index contributed by atoms with van der Waals surface area (Å²) in [5, 5.41) is 9.31. The molecule has 90 valence electrons. The second kappa shape index (κ2) is 5.14. The third kappa shape index (κ3) is 2.55. The van der Waals surface area contributed by atoms with E-state index in [1.807, 2.05) is 0 Å². The fraction of sp³-hybridized carbons (Fsp3) is 0. The maximum Gasteiger partial charge on any atom is 0.153 e. The van der Waals surface area contributed by atoms with Gasteiger partial charge in [0.25, 0.3) is 0 Å². The number of benzene rings is 2. The first-order chi connectivity index (χ1) is 8.72. The van der Waals surface area contributed by atoms with Crippen molar-refractivity contribution in [2.75, 3.05) is 0 Å². The predicted octanol–water partition coefficient (Wildman–Crippen LogP) is 2.81. The summed E-state index contributed by atoms with van der Waals surface area (Å²) in [6.45, 7) is 0. The minimum Gasteiger partial charge on any atom is -0.508 e. The first-order valence-electron chi connectivity index (χ1n) is 5.24. The van der Waals surface area contributed by atoms with Crippen LogP contribution < -0.4 is 4.74 Å². The number of rotatable bonds is 4. The highest BCUT2D eigenvalue weighted by molar-refractivity contribution is 5.83. The molecule has 0 amide bonds. The zero-order valence-corrected chi connectivity index (χ0v) is 9.37. The summed E-state index contributed by atoms with van der Waals surface area (Å²) in [5.41, 5.74) is 0.750. The minimum atomic E-state index is 0.0618. The normalized spacial score (nSPS) is 9.78. The number of hydrogen-bond donors (Lipinski definition) is 1. The molecule has 2 rings (SSSR count). The molecule has 0 saturated heterocycles. The Morgan fingerprint density at radius 1 is 1.00 bits per heavy atom. The second-order valence-electron chi connectivity index (χ2n) is 3.63. The van der Waals surface area contributed by atoms with E-state index in [2.05, 4.69) is 0 Å². The van der Waals surface area contributed by atoms with Crippen LogP contribution >= 0.6 is 0 Å². The second-order valence-corrected chi connectivity index (χ2v) is 3.63. The fourth-order valence-corrected chi connectivity index (χ4v) is 1.48. The number of ether oxygens (including phenoxy) is 1. The van der Waals surface area contributed by atoms with Gasteiger partial charge in [-0.15, -0.1) is 0 Å². The molecular weight excluding hydrogens is 232 g/mol. The lowest BCUT2D eigenvalue weighted by atomic mass is 10.1. The molecule has 0 radical (unpaired) electrons.